The van der Waals surface area contributed by atoms with Crippen molar-refractivity contribution in [1.82, 2.24) is 4.81 Å². The lowest BCUT2D eigenvalue weighted by Gasteiger charge is -2.28. The molecular formula is C12H24BNO. The predicted molar refractivity (Wildman–Crippen MR) is 65.6 cm³/mol. The van der Waals surface area contributed by atoms with E-state index in [1.165, 1.54) is 17.7 Å². The highest BCUT2D eigenvalue weighted by atomic mass is 16.2. The zero-order chi connectivity index (χ0) is 11.8. The van der Waals surface area contributed by atoms with Crippen molar-refractivity contribution in [3.8, 4) is 0 Å². The van der Waals surface area contributed by atoms with E-state index in [2.05, 4.69) is 6.92 Å². The average Bonchev–Trinajstić information content (AvgIpc) is 2.31. The van der Waals surface area contributed by atoms with E-state index in [1.54, 1.807) is 0 Å². The van der Waals surface area contributed by atoms with E-state index < -0.39 is 0 Å². The Kier molecular flexibility index (Phi) is 7.54. The first-order valence-electron chi connectivity index (χ1n) is 6.21. The molecule has 1 amide bonds. The predicted octanol–water partition coefficient (Wildman–Crippen LogP) is 2.77. The van der Waals surface area contributed by atoms with Crippen molar-refractivity contribution < 1.29 is 4.79 Å². The molecule has 2 nitrogen and oxygen atoms in total. The molecule has 0 atom stereocenters. The van der Waals surface area contributed by atoms with Crippen LogP contribution < -0.4 is 0 Å². The second-order valence-corrected chi connectivity index (χ2v) is 4.08. The minimum Gasteiger partial charge on any atom is -0.397 e. The molecule has 3 heteroatoms. The highest BCUT2D eigenvalue weighted by molar-refractivity contribution is 6.14. The first kappa shape index (κ1) is 14.5. The average molecular weight is 209 g/mol. The van der Waals surface area contributed by atoms with E-state index in [1.807, 2.05) is 20.8 Å². The van der Waals surface area contributed by atoms with Gasteiger partial charge in [0.05, 0.1) is 0 Å². The van der Waals surface area contributed by atoms with Crippen LogP contribution in [0.2, 0.25) is 0 Å². The van der Waals surface area contributed by atoms with Crippen LogP contribution in [0, 0.1) is 11.8 Å². The van der Waals surface area contributed by atoms with E-state index in [0.717, 1.165) is 18.8 Å². The van der Waals surface area contributed by atoms with Gasteiger partial charge in [0.1, 0.15) is 0 Å². The van der Waals surface area contributed by atoms with Gasteiger partial charge in [0, 0.05) is 12.5 Å². The van der Waals surface area contributed by atoms with E-state index in [9.17, 15) is 4.79 Å². The van der Waals surface area contributed by atoms with Crippen molar-refractivity contribution in [1.29, 1.82) is 0 Å². The maximum absolute atomic E-state index is 11.6. The molecule has 1 saturated carbocycles. The van der Waals surface area contributed by atoms with Crippen LogP contribution in [0.3, 0.4) is 0 Å². The fraction of sp³-hybridized carbons (Fsp3) is 0.917. The standard InChI is InChI=1S/C10H18BNO.C2H6/c1-3-12(11)10(13)9-6-4-8(2)5-7-9;1-2/h8-9H,3-7H2,1-2H3;1-2H3. The highest BCUT2D eigenvalue weighted by Gasteiger charge is 2.25. The van der Waals surface area contributed by atoms with Gasteiger partial charge in [0.2, 0.25) is 13.9 Å². The molecule has 1 fully saturated rings. The maximum atomic E-state index is 11.6. The second-order valence-electron chi connectivity index (χ2n) is 4.08. The third-order valence-corrected chi connectivity index (χ3v) is 2.99. The fourth-order valence-corrected chi connectivity index (χ4v) is 1.90. The zero-order valence-corrected chi connectivity index (χ0v) is 10.6. The van der Waals surface area contributed by atoms with Gasteiger partial charge < -0.3 is 4.81 Å². The number of nitrogens with zero attached hydrogens (tertiary/aromatic N) is 1. The molecular weight excluding hydrogens is 185 g/mol. The lowest BCUT2D eigenvalue weighted by atomic mass is 9.82. The van der Waals surface area contributed by atoms with Gasteiger partial charge in [-0.05, 0) is 38.5 Å². The van der Waals surface area contributed by atoms with Crippen LogP contribution >= 0.6 is 0 Å². The van der Waals surface area contributed by atoms with Gasteiger partial charge in [-0.25, -0.2) is 0 Å². The van der Waals surface area contributed by atoms with Gasteiger partial charge in [-0.15, -0.1) is 0 Å². The van der Waals surface area contributed by atoms with E-state index in [4.69, 9.17) is 7.98 Å². The first-order valence-corrected chi connectivity index (χ1v) is 6.21. The van der Waals surface area contributed by atoms with Crippen molar-refractivity contribution in [3.63, 3.8) is 0 Å². The Hall–Kier alpha value is -0.465. The van der Waals surface area contributed by atoms with Crippen molar-refractivity contribution in [2.24, 2.45) is 11.8 Å². The summed E-state index contributed by atoms with van der Waals surface area (Å²) in [5.74, 6) is 1.12. The summed E-state index contributed by atoms with van der Waals surface area (Å²) in [5, 5.41) is 0. The number of carbonyl (C=O) groups is 1. The van der Waals surface area contributed by atoms with Crippen molar-refractivity contribution in [2.75, 3.05) is 6.54 Å². The Balaban J connectivity index is 0.000000921. The first-order chi connectivity index (χ1) is 7.15. The molecule has 0 bridgehead atoms. The van der Waals surface area contributed by atoms with Crippen LogP contribution in [0.15, 0.2) is 0 Å². The van der Waals surface area contributed by atoms with Crippen molar-refractivity contribution in [2.45, 2.75) is 53.4 Å². The summed E-state index contributed by atoms with van der Waals surface area (Å²) in [7, 11) is 5.57. The number of hydrogen-bond donors (Lipinski definition) is 0. The normalized spacial score (nSPS) is 25.1. The Morgan fingerprint density at radius 2 is 1.73 bits per heavy atom. The van der Waals surface area contributed by atoms with Gasteiger partial charge in [0.25, 0.3) is 0 Å². The SMILES string of the molecule is CC.[B]N(CC)C(=O)C1CCC(C)CC1. The Labute approximate surface area is 95.8 Å². The smallest absolute Gasteiger partial charge is 0.230 e. The summed E-state index contributed by atoms with van der Waals surface area (Å²) in [6.45, 7) is 8.77. The molecule has 0 aliphatic heterocycles. The fourth-order valence-electron chi connectivity index (χ4n) is 1.90. The van der Waals surface area contributed by atoms with Crippen LogP contribution in [0.5, 0.6) is 0 Å². The lowest BCUT2D eigenvalue weighted by Crippen LogP contribution is -2.35. The Morgan fingerprint density at radius 1 is 1.27 bits per heavy atom. The highest BCUT2D eigenvalue weighted by Crippen LogP contribution is 2.29. The third-order valence-electron chi connectivity index (χ3n) is 2.99. The Bertz CT molecular complexity index is 176. The summed E-state index contributed by atoms with van der Waals surface area (Å²) in [5.41, 5.74) is 0. The molecule has 15 heavy (non-hydrogen) atoms. The van der Waals surface area contributed by atoms with Crippen LogP contribution in [0.1, 0.15) is 53.4 Å². The van der Waals surface area contributed by atoms with Gasteiger partial charge in [-0.2, -0.15) is 0 Å². The van der Waals surface area contributed by atoms with Gasteiger partial charge >= 0.3 is 0 Å². The summed E-state index contributed by atoms with van der Waals surface area (Å²) in [4.78, 5) is 13.0. The molecule has 0 aromatic carbocycles. The van der Waals surface area contributed by atoms with Crippen LogP contribution in [0.4, 0.5) is 0 Å². The molecule has 0 spiro atoms. The lowest BCUT2D eigenvalue weighted by molar-refractivity contribution is -0.131. The van der Waals surface area contributed by atoms with E-state index >= 15 is 0 Å². The monoisotopic (exact) mass is 209 g/mol. The van der Waals surface area contributed by atoms with Crippen LogP contribution in [0.25, 0.3) is 0 Å². The van der Waals surface area contributed by atoms with Crippen molar-refractivity contribution >= 4 is 13.9 Å². The number of amides is 1. The molecule has 0 unspecified atom stereocenters. The number of carbonyl (C=O) groups excluding carboxylic acids is 1. The molecule has 1 aliphatic carbocycles. The van der Waals surface area contributed by atoms with Crippen LogP contribution in [-0.2, 0) is 4.79 Å². The molecule has 86 valence electrons. The summed E-state index contributed by atoms with van der Waals surface area (Å²) >= 11 is 0. The second kappa shape index (κ2) is 7.78. The summed E-state index contributed by atoms with van der Waals surface area (Å²) in [6, 6.07) is 0. The molecule has 1 rings (SSSR count). The number of rotatable bonds is 2. The molecule has 1 aliphatic rings. The van der Waals surface area contributed by atoms with Gasteiger partial charge in [0.15, 0.2) is 0 Å². The third kappa shape index (κ3) is 4.72. The van der Waals surface area contributed by atoms with E-state index in [-0.39, 0.29) is 11.8 Å². The molecule has 0 aromatic heterocycles. The number of hydrogen-bond acceptors (Lipinski definition) is 1. The van der Waals surface area contributed by atoms with E-state index in [0.29, 0.717) is 6.54 Å². The molecule has 0 heterocycles. The molecule has 0 aromatic rings. The molecule has 2 radical (unpaired) electrons. The van der Waals surface area contributed by atoms with Gasteiger partial charge in [-0.3, -0.25) is 4.79 Å². The van der Waals surface area contributed by atoms with Gasteiger partial charge in [-0.1, -0.05) is 20.8 Å². The molecule has 0 saturated heterocycles. The minimum atomic E-state index is 0.134. The van der Waals surface area contributed by atoms with Crippen molar-refractivity contribution in [3.05, 3.63) is 0 Å². The quantitative estimate of drug-likeness (QED) is 0.640. The van der Waals surface area contributed by atoms with Crippen LogP contribution in [-0.4, -0.2) is 25.2 Å². The zero-order valence-electron chi connectivity index (χ0n) is 10.6. The largest absolute Gasteiger partial charge is 0.397 e. The Morgan fingerprint density at radius 3 is 2.13 bits per heavy atom. The summed E-state index contributed by atoms with van der Waals surface area (Å²) < 4.78 is 0. The topological polar surface area (TPSA) is 20.3 Å². The summed E-state index contributed by atoms with van der Waals surface area (Å²) in [6.07, 6.45) is 4.39. The molecule has 0 N–H and O–H groups in total. The maximum Gasteiger partial charge on any atom is 0.230 e. The minimum absolute atomic E-state index is 0.134.